The van der Waals surface area contributed by atoms with E-state index in [1.165, 1.54) is 0 Å². The second-order valence-electron chi connectivity index (χ2n) is 3.92. The van der Waals surface area contributed by atoms with Gasteiger partial charge in [-0.05, 0) is 6.92 Å². The lowest BCUT2D eigenvalue weighted by Gasteiger charge is -2.06. The number of carbonyl (C=O) groups is 1. The number of nitrogens with zero attached hydrogens (tertiary/aromatic N) is 5. The standard InChI is InChI=1S/C11H16N6O2/c1-3-19-11(18)10-8(6-12)17(15-14-10)7-9-13-4-5-16(9)2/h4-5H,3,6-7,12H2,1-2H3. The second kappa shape index (κ2) is 5.61. The Morgan fingerprint density at radius 2 is 2.32 bits per heavy atom. The number of aromatic nitrogens is 5. The van der Waals surface area contributed by atoms with E-state index in [0.717, 1.165) is 5.82 Å². The zero-order chi connectivity index (χ0) is 13.8. The van der Waals surface area contributed by atoms with Gasteiger partial charge in [-0.2, -0.15) is 0 Å². The fourth-order valence-corrected chi connectivity index (χ4v) is 1.70. The van der Waals surface area contributed by atoms with Crippen molar-refractivity contribution in [2.45, 2.75) is 20.0 Å². The summed E-state index contributed by atoms with van der Waals surface area (Å²) in [5.41, 5.74) is 6.37. The lowest BCUT2D eigenvalue weighted by molar-refractivity contribution is 0.0518. The van der Waals surface area contributed by atoms with Crippen molar-refractivity contribution in [3.05, 3.63) is 29.6 Å². The molecule has 102 valence electrons. The van der Waals surface area contributed by atoms with Crippen molar-refractivity contribution in [1.29, 1.82) is 0 Å². The van der Waals surface area contributed by atoms with Crippen LogP contribution in [0, 0.1) is 0 Å². The molecule has 0 atom stereocenters. The predicted octanol–water partition coefficient (Wildman–Crippen LogP) is -0.305. The van der Waals surface area contributed by atoms with Crippen molar-refractivity contribution >= 4 is 5.97 Å². The van der Waals surface area contributed by atoms with Gasteiger partial charge in [-0.25, -0.2) is 14.5 Å². The Morgan fingerprint density at radius 1 is 1.53 bits per heavy atom. The third-order valence-electron chi connectivity index (χ3n) is 2.71. The summed E-state index contributed by atoms with van der Waals surface area (Å²) in [6, 6.07) is 0. The maximum Gasteiger partial charge on any atom is 0.360 e. The van der Waals surface area contributed by atoms with Gasteiger partial charge in [-0.1, -0.05) is 5.21 Å². The lowest BCUT2D eigenvalue weighted by Crippen LogP contribution is -2.16. The Bertz CT molecular complexity index is 574. The number of hydrogen-bond donors (Lipinski definition) is 1. The summed E-state index contributed by atoms with van der Waals surface area (Å²) in [5, 5.41) is 7.78. The number of nitrogens with two attached hydrogens (primary N) is 1. The maximum absolute atomic E-state index is 11.7. The molecule has 8 nitrogen and oxygen atoms in total. The highest BCUT2D eigenvalue weighted by molar-refractivity contribution is 5.88. The molecule has 8 heteroatoms. The highest BCUT2D eigenvalue weighted by Gasteiger charge is 2.20. The number of esters is 1. The van der Waals surface area contributed by atoms with Crippen molar-refractivity contribution in [1.82, 2.24) is 24.5 Å². The average Bonchev–Trinajstić information content (AvgIpc) is 2.97. The Morgan fingerprint density at radius 3 is 2.89 bits per heavy atom. The number of aryl methyl sites for hydroxylation is 1. The quantitative estimate of drug-likeness (QED) is 0.744. The molecule has 0 aliphatic heterocycles. The highest BCUT2D eigenvalue weighted by Crippen LogP contribution is 2.08. The molecule has 0 bridgehead atoms. The first-order chi connectivity index (χ1) is 9.17. The van der Waals surface area contributed by atoms with Crippen LogP contribution in [-0.4, -0.2) is 37.1 Å². The molecule has 0 radical (unpaired) electrons. The normalized spacial score (nSPS) is 10.7. The van der Waals surface area contributed by atoms with Gasteiger partial charge >= 0.3 is 5.97 Å². The van der Waals surface area contributed by atoms with Crippen LogP contribution in [0.15, 0.2) is 12.4 Å². The van der Waals surface area contributed by atoms with Gasteiger partial charge in [0, 0.05) is 26.0 Å². The minimum Gasteiger partial charge on any atom is -0.461 e. The number of rotatable bonds is 5. The molecule has 2 rings (SSSR count). The molecular formula is C11H16N6O2. The number of ether oxygens (including phenoxy) is 1. The summed E-state index contributed by atoms with van der Waals surface area (Å²) in [7, 11) is 1.88. The molecule has 0 amide bonds. The largest absolute Gasteiger partial charge is 0.461 e. The molecular weight excluding hydrogens is 248 g/mol. The van der Waals surface area contributed by atoms with Crippen LogP contribution in [0.1, 0.15) is 28.9 Å². The fraction of sp³-hybridized carbons (Fsp3) is 0.455. The Balaban J connectivity index is 2.27. The third-order valence-corrected chi connectivity index (χ3v) is 2.71. The predicted molar refractivity (Wildman–Crippen MR) is 66.2 cm³/mol. The topological polar surface area (TPSA) is 101 Å². The van der Waals surface area contributed by atoms with Gasteiger partial charge < -0.3 is 15.0 Å². The van der Waals surface area contributed by atoms with Crippen molar-refractivity contribution in [3.63, 3.8) is 0 Å². The Hall–Kier alpha value is -2.22. The van der Waals surface area contributed by atoms with Crippen LogP contribution in [0.5, 0.6) is 0 Å². The van der Waals surface area contributed by atoms with Crippen LogP contribution in [-0.2, 0) is 24.9 Å². The van der Waals surface area contributed by atoms with Crippen LogP contribution in [0.25, 0.3) is 0 Å². The van der Waals surface area contributed by atoms with Crippen molar-refractivity contribution in [3.8, 4) is 0 Å². The number of carbonyl (C=O) groups excluding carboxylic acids is 1. The molecule has 0 saturated heterocycles. The molecule has 2 aromatic rings. The monoisotopic (exact) mass is 264 g/mol. The zero-order valence-corrected chi connectivity index (χ0v) is 10.9. The van der Waals surface area contributed by atoms with Crippen LogP contribution in [0.3, 0.4) is 0 Å². The molecule has 0 aliphatic carbocycles. The molecule has 0 aromatic carbocycles. The summed E-state index contributed by atoms with van der Waals surface area (Å²) >= 11 is 0. The minimum absolute atomic E-state index is 0.158. The van der Waals surface area contributed by atoms with E-state index in [0.29, 0.717) is 12.2 Å². The fourth-order valence-electron chi connectivity index (χ4n) is 1.70. The maximum atomic E-state index is 11.7. The van der Waals surface area contributed by atoms with Gasteiger partial charge in [0.15, 0.2) is 5.69 Å². The van der Waals surface area contributed by atoms with Gasteiger partial charge in [0.05, 0.1) is 12.3 Å². The first-order valence-electron chi connectivity index (χ1n) is 5.93. The van der Waals surface area contributed by atoms with Crippen LogP contribution in [0.2, 0.25) is 0 Å². The van der Waals surface area contributed by atoms with E-state index in [-0.39, 0.29) is 18.8 Å². The Labute approximate surface area is 110 Å². The van der Waals surface area contributed by atoms with E-state index in [9.17, 15) is 4.79 Å². The van der Waals surface area contributed by atoms with Crippen LogP contribution >= 0.6 is 0 Å². The van der Waals surface area contributed by atoms with Gasteiger partial charge in [0.2, 0.25) is 0 Å². The number of imidazole rings is 1. The lowest BCUT2D eigenvalue weighted by atomic mass is 10.3. The minimum atomic E-state index is -0.506. The van der Waals surface area contributed by atoms with E-state index >= 15 is 0 Å². The first kappa shape index (κ1) is 13.2. The molecule has 0 unspecified atom stereocenters. The average molecular weight is 264 g/mol. The number of hydrogen-bond acceptors (Lipinski definition) is 6. The third kappa shape index (κ3) is 2.63. The Kier molecular flexibility index (Phi) is 3.91. The van der Waals surface area contributed by atoms with E-state index < -0.39 is 5.97 Å². The summed E-state index contributed by atoms with van der Waals surface area (Å²) in [6.45, 7) is 2.58. The van der Waals surface area contributed by atoms with E-state index in [1.54, 1.807) is 17.8 Å². The van der Waals surface area contributed by atoms with Crippen molar-refractivity contribution < 1.29 is 9.53 Å². The molecule has 2 heterocycles. The molecule has 0 saturated carbocycles. The zero-order valence-electron chi connectivity index (χ0n) is 10.9. The highest BCUT2D eigenvalue weighted by atomic mass is 16.5. The SMILES string of the molecule is CCOC(=O)c1nnn(Cc2nccn2C)c1CN. The summed E-state index contributed by atoms with van der Waals surface area (Å²) < 4.78 is 8.34. The van der Waals surface area contributed by atoms with Crippen LogP contribution in [0.4, 0.5) is 0 Å². The van der Waals surface area contributed by atoms with E-state index in [2.05, 4.69) is 15.3 Å². The van der Waals surface area contributed by atoms with Gasteiger partial charge in [-0.15, -0.1) is 5.10 Å². The first-order valence-corrected chi connectivity index (χ1v) is 5.93. The van der Waals surface area contributed by atoms with Crippen molar-refractivity contribution in [2.24, 2.45) is 12.8 Å². The van der Waals surface area contributed by atoms with Crippen molar-refractivity contribution in [2.75, 3.05) is 6.61 Å². The molecule has 0 spiro atoms. The molecule has 19 heavy (non-hydrogen) atoms. The smallest absolute Gasteiger partial charge is 0.360 e. The molecule has 0 aliphatic rings. The summed E-state index contributed by atoms with van der Waals surface area (Å²) in [6.07, 6.45) is 3.53. The van der Waals surface area contributed by atoms with E-state index in [1.807, 2.05) is 17.8 Å². The summed E-state index contributed by atoms with van der Waals surface area (Å²) in [5.74, 6) is 0.295. The van der Waals surface area contributed by atoms with Crippen LogP contribution < -0.4 is 5.73 Å². The molecule has 2 aromatic heterocycles. The van der Waals surface area contributed by atoms with Gasteiger partial charge in [0.25, 0.3) is 0 Å². The molecule has 2 N–H and O–H groups in total. The van der Waals surface area contributed by atoms with Gasteiger partial charge in [0.1, 0.15) is 12.4 Å². The summed E-state index contributed by atoms with van der Waals surface area (Å²) in [4.78, 5) is 15.9. The second-order valence-corrected chi connectivity index (χ2v) is 3.92. The van der Waals surface area contributed by atoms with Gasteiger partial charge in [-0.3, -0.25) is 0 Å². The molecule has 0 fully saturated rings. The van der Waals surface area contributed by atoms with E-state index in [4.69, 9.17) is 10.5 Å².